The highest BCUT2D eigenvalue weighted by Crippen LogP contribution is 2.41. The summed E-state index contributed by atoms with van der Waals surface area (Å²) in [5, 5.41) is 9.74. The Morgan fingerprint density at radius 3 is 3.10 bits per heavy atom. The molecule has 1 N–H and O–H groups in total. The van der Waals surface area contributed by atoms with E-state index in [1.807, 2.05) is 11.3 Å². The minimum atomic E-state index is 0.772. The minimum absolute atomic E-state index is 0.772. The Kier molecular flexibility index (Phi) is 2.96. The Morgan fingerprint density at radius 2 is 2.25 bits per heavy atom. The van der Waals surface area contributed by atoms with Crippen molar-refractivity contribution in [3.63, 3.8) is 0 Å². The van der Waals surface area contributed by atoms with Gasteiger partial charge in [0.2, 0.25) is 0 Å². The van der Waals surface area contributed by atoms with Crippen molar-refractivity contribution in [3.8, 4) is 0 Å². The fraction of sp³-hybridized carbons (Fsp3) is 0.385. The van der Waals surface area contributed by atoms with Gasteiger partial charge in [0.25, 0.3) is 0 Å². The molecule has 102 valence electrons. The average Bonchev–Trinajstić information content (AvgIpc) is 3.05. The summed E-state index contributed by atoms with van der Waals surface area (Å²) in [7, 11) is 0. The van der Waals surface area contributed by atoms with E-state index in [9.17, 15) is 0 Å². The van der Waals surface area contributed by atoms with Crippen molar-refractivity contribution in [1.82, 2.24) is 25.1 Å². The smallest absolute Gasteiger partial charge is 0.189 e. The number of fused-ring (bicyclic) bond motifs is 3. The van der Waals surface area contributed by atoms with Crippen molar-refractivity contribution >= 4 is 33.3 Å². The predicted octanol–water partition coefficient (Wildman–Crippen LogP) is 3.09. The summed E-state index contributed by atoms with van der Waals surface area (Å²) in [4.78, 5) is 15.7. The van der Waals surface area contributed by atoms with Crippen LogP contribution in [0.3, 0.4) is 0 Å². The first kappa shape index (κ1) is 12.3. The van der Waals surface area contributed by atoms with E-state index in [1.54, 1.807) is 6.33 Å². The maximum Gasteiger partial charge on any atom is 0.189 e. The number of aryl methyl sites for hydroxylation is 1. The third-order valence-corrected chi connectivity index (χ3v) is 5.70. The highest BCUT2D eigenvalue weighted by Gasteiger charge is 2.23. The van der Waals surface area contributed by atoms with E-state index in [-0.39, 0.29) is 0 Å². The van der Waals surface area contributed by atoms with Crippen LogP contribution >= 0.6 is 23.1 Å². The van der Waals surface area contributed by atoms with Gasteiger partial charge in [-0.05, 0) is 42.5 Å². The fourth-order valence-corrected chi connectivity index (χ4v) is 4.88. The number of hydrogen-bond donors (Lipinski definition) is 1. The number of H-pyrrole nitrogens is 1. The lowest BCUT2D eigenvalue weighted by molar-refractivity contribution is 0.509. The third-order valence-electron chi connectivity index (χ3n) is 3.64. The third kappa shape index (κ3) is 2.01. The largest absolute Gasteiger partial charge is 0.254 e. The van der Waals surface area contributed by atoms with E-state index < -0.39 is 0 Å². The van der Waals surface area contributed by atoms with Crippen LogP contribution in [-0.2, 0) is 12.8 Å². The lowest BCUT2D eigenvalue weighted by Gasteiger charge is -2.17. The molecule has 7 heteroatoms. The van der Waals surface area contributed by atoms with Gasteiger partial charge >= 0.3 is 0 Å². The van der Waals surface area contributed by atoms with E-state index in [2.05, 4.69) is 32.1 Å². The number of nitrogens with one attached hydrogen (secondary N) is 1. The molecule has 0 radical (unpaired) electrons. The maximum atomic E-state index is 4.45. The molecule has 5 nitrogen and oxygen atoms in total. The number of hydrogen-bond acceptors (Lipinski definition) is 6. The minimum Gasteiger partial charge on any atom is -0.254 e. The molecule has 0 spiro atoms. The fourth-order valence-electron chi connectivity index (χ4n) is 2.66. The highest BCUT2D eigenvalue weighted by molar-refractivity contribution is 7.99. The van der Waals surface area contributed by atoms with Gasteiger partial charge in [-0.25, -0.2) is 15.0 Å². The molecule has 3 aromatic heterocycles. The maximum absolute atomic E-state index is 4.45. The van der Waals surface area contributed by atoms with Crippen molar-refractivity contribution in [3.05, 3.63) is 23.1 Å². The lowest BCUT2D eigenvalue weighted by atomic mass is 9.89. The molecule has 4 rings (SSSR count). The van der Waals surface area contributed by atoms with Crippen molar-refractivity contribution in [1.29, 1.82) is 0 Å². The van der Waals surface area contributed by atoms with Gasteiger partial charge in [-0.2, -0.15) is 5.10 Å². The highest BCUT2D eigenvalue weighted by atomic mass is 32.2. The second kappa shape index (κ2) is 4.82. The molecule has 0 aromatic carbocycles. The first-order chi connectivity index (χ1) is 9.81. The zero-order valence-corrected chi connectivity index (χ0v) is 12.6. The zero-order chi connectivity index (χ0) is 13.5. The lowest BCUT2D eigenvalue weighted by Crippen LogP contribution is -2.08. The van der Waals surface area contributed by atoms with Crippen LogP contribution in [0.4, 0.5) is 0 Å². The van der Waals surface area contributed by atoms with Gasteiger partial charge in [0.15, 0.2) is 5.16 Å². The quantitative estimate of drug-likeness (QED) is 0.737. The van der Waals surface area contributed by atoms with Gasteiger partial charge in [0.1, 0.15) is 22.5 Å². The molecule has 3 aromatic rings. The number of aromatic amines is 1. The average molecular weight is 303 g/mol. The number of aromatic nitrogens is 5. The van der Waals surface area contributed by atoms with Crippen molar-refractivity contribution < 1.29 is 0 Å². The Morgan fingerprint density at radius 1 is 1.30 bits per heavy atom. The van der Waals surface area contributed by atoms with Gasteiger partial charge in [0.05, 0.1) is 0 Å². The molecule has 0 amide bonds. The Labute approximate surface area is 124 Å². The van der Waals surface area contributed by atoms with E-state index in [0.717, 1.165) is 27.4 Å². The molecular formula is C13H13N5S2. The van der Waals surface area contributed by atoms with Crippen LogP contribution in [0.1, 0.15) is 23.8 Å². The Bertz CT molecular complexity index is 750. The van der Waals surface area contributed by atoms with Crippen molar-refractivity contribution in [2.75, 3.05) is 0 Å². The first-order valence-electron chi connectivity index (χ1n) is 6.59. The topological polar surface area (TPSA) is 67.3 Å². The van der Waals surface area contributed by atoms with Gasteiger partial charge in [-0.3, -0.25) is 5.10 Å². The summed E-state index contributed by atoms with van der Waals surface area (Å²) in [6, 6.07) is 0. The molecule has 20 heavy (non-hydrogen) atoms. The molecule has 1 aliphatic carbocycles. The second-order valence-electron chi connectivity index (χ2n) is 5.10. The summed E-state index contributed by atoms with van der Waals surface area (Å²) < 4.78 is 0. The van der Waals surface area contributed by atoms with Crippen molar-refractivity contribution in [2.45, 2.75) is 36.4 Å². The normalized spacial score (nSPS) is 18.4. The van der Waals surface area contributed by atoms with Crippen LogP contribution in [0.15, 0.2) is 22.8 Å². The van der Waals surface area contributed by atoms with Crippen LogP contribution in [-0.4, -0.2) is 25.1 Å². The molecule has 0 aliphatic heterocycles. The second-order valence-corrected chi connectivity index (χ2v) is 7.16. The van der Waals surface area contributed by atoms with Gasteiger partial charge in [-0.15, -0.1) is 11.3 Å². The number of thiophene rings is 1. The molecule has 0 saturated carbocycles. The summed E-state index contributed by atoms with van der Waals surface area (Å²) >= 11 is 3.35. The number of nitrogens with zero attached hydrogens (tertiary/aromatic N) is 4. The SMILES string of the molecule is CC1CCc2c(sc3ncnc(Sc4ncn[nH]4)c23)C1. The summed E-state index contributed by atoms with van der Waals surface area (Å²) in [5.74, 6) is 0.772. The summed E-state index contributed by atoms with van der Waals surface area (Å²) in [6.07, 6.45) is 6.72. The van der Waals surface area contributed by atoms with E-state index in [4.69, 9.17) is 0 Å². The molecule has 0 fully saturated rings. The van der Waals surface area contributed by atoms with Gasteiger partial charge < -0.3 is 0 Å². The van der Waals surface area contributed by atoms with E-state index >= 15 is 0 Å². The summed E-state index contributed by atoms with van der Waals surface area (Å²) in [5.41, 5.74) is 1.45. The molecule has 1 aliphatic rings. The van der Waals surface area contributed by atoms with E-state index in [1.165, 1.54) is 46.8 Å². The first-order valence-corrected chi connectivity index (χ1v) is 8.23. The molecule has 0 bridgehead atoms. The van der Waals surface area contributed by atoms with E-state index in [0.29, 0.717) is 0 Å². The Hall–Kier alpha value is -1.47. The van der Waals surface area contributed by atoms with Crippen molar-refractivity contribution in [2.24, 2.45) is 5.92 Å². The van der Waals surface area contributed by atoms with Crippen LogP contribution in [0.25, 0.3) is 10.2 Å². The standard InChI is InChI=1S/C13H13N5S2/c1-7-2-3-8-9(4-7)19-11-10(8)12(15-5-14-11)20-13-16-6-17-18-13/h5-7H,2-4H2,1H3,(H,16,17,18). The molecule has 1 unspecified atom stereocenters. The summed E-state index contributed by atoms with van der Waals surface area (Å²) in [6.45, 7) is 2.32. The Balaban J connectivity index is 1.85. The van der Waals surface area contributed by atoms with Crippen LogP contribution in [0.2, 0.25) is 0 Å². The monoisotopic (exact) mass is 303 g/mol. The number of rotatable bonds is 2. The van der Waals surface area contributed by atoms with Crippen LogP contribution in [0, 0.1) is 5.92 Å². The molecule has 1 atom stereocenters. The van der Waals surface area contributed by atoms with Crippen LogP contribution in [0.5, 0.6) is 0 Å². The molecule has 0 saturated heterocycles. The predicted molar refractivity (Wildman–Crippen MR) is 79.1 cm³/mol. The van der Waals surface area contributed by atoms with Crippen LogP contribution < -0.4 is 0 Å². The molecular weight excluding hydrogens is 290 g/mol. The van der Waals surface area contributed by atoms with Gasteiger partial charge in [-0.1, -0.05) is 6.92 Å². The zero-order valence-electron chi connectivity index (χ0n) is 11.0. The van der Waals surface area contributed by atoms with Gasteiger partial charge in [0, 0.05) is 10.3 Å². The molecule has 3 heterocycles.